The number of nitrogens with zero attached hydrogens (tertiary/aromatic N) is 3. The van der Waals surface area contributed by atoms with Crippen LogP contribution in [0.25, 0.3) is 0 Å². The van der Waals surface area contributed by atoms with Crippen molar-refractivity contribution in [3.05, 3.63) is 12.7 Å². The molecule has 0 unspecified atom stereocenters. The van der Waals surface area contributed by atoms with Crippen molar-refractivity contribution < 1.29 is 12.6 Å². The van der Waals surface area contributed by atoms with Gasteiger partial charge in [0.2, 0.25) is 0 Å². The fraction of sp³-hybridized carbons (Fsp3) is 0.250. The summed E-state index contributed by atoms with van der Waals surface area (Å²) in [4.78, 5) is 0. The molecule has 0 aromatic carbocycles. The van der Waals surface area contributed by atoms with Crippen LogP contribution in [0.3, 0.4) is 0 Å². The molecule has 7 nitrogen and oxygen atoms in total. The van der Waals surface area contributed by atoms with Gasteiger partial charge in [-0.3, -0.25) is 0 Å². The molecule has 1 N–H and O–H groups in total. The number of aromatic nitrogens is 4. The van der Waals surface area contributed by atoms with Crippen LogP contribution < -0.4 is 4.18 Å². The molecule has 1 aromatic rings. The Hall–Kier alpha value is -1.44. The van der Waals surface area contributed by atoms with Gasteiger partial charge in [0.05, 0.1) is 0 Å². The van der Waals surface area contributed by atoms with Gasteiger partial charge in [0, 0.05) is 0 Å². The maximum Gasteiger partial charge on any atom is 0.371 e. The van der Waals surface area contributed by atoms with E-state index in [2.05, 4.69) is 31.4 Å². The molecule has 0 saturated carbocycles. The second-order valence-electron chi connectivity index (χ2n) is 1.79. The molecule has 0 radical (unpaired) electrons. The first-order valence-corrected chi connectivity index (χ1v) is 4.48. The monoisotopic (exact) mass is 190 g/mol. The SMILES string of the molecule is C=CCS(=O)(=O)Oc1nn[nH]n1. The zero-order chi connectivity index (χ0) is 9.03. The van der Waals surface area contributed by atoms with Crippen molar-refractivity contribution in [2.45, 2.75) is 0 Å². The summed E-state index contributed by atoms with van der Waals surface area (Å²) in [5, 5.41) is 11.8. The molecule has 0 aliphatic heterocycles. The van der Waals surface area contributed by atoms with Gasteiger partial charge in [-0.1, -0.05) is 16.3 Å². The minimum absolute atomic E-state index is 0.290. The van der Waals surface area contributed by atoms with Crippen LogP contribution in [0.4, 0.5) is 0 Å². The Morgan fingerprint density at radius 2 is 2.42 bits per heavy atom. The van der Waals surface area contributed by atoms with Crippen molar-refractivity contribution in [1.29, 1.82) is 0 Å². The lowest BCUT2D eigenvalue weighted by Crippen LogP contribution is -2.12. The second kappa shape index (κ2) is 3.30. The first-order valence-electron chi connectivity index (χ1n) is 2.90. The minimum Gasteiger partial charge on any atom is -0.340 e. The van der Waals surface area contributed by atoms with E-state index in [9.17, 15) is 8.42 Å². The maximum atomic E-state index is 10.9. The number of nitrogens with one attached hydrogen (secondary N) is 1. The summed E-state index contributed by atoms with van der Waals surface area (Å²) in [6.45, 7) is 3.25. The highest BCUT2D eigenvalue weighted by atomic mass is 32.2. The number of hydrogen-bond donors (Lipinski definition) is 1. The van der Waals surface area contributed by atoms with Crippen molar-refractivity contribution in [3.8, 4) is 6.01 Å². The highest BCUT2D eigenvalue weighted by molar-refractivity contribution is 7.87. The third-order valence-electron chi connectivity index (χ3n) is 0.849. The van der Waals surface area contributed by atoms with Crippen LogP contribution in [-0.2, 0) is 10.1 Å². The van der Waals surface area contributed by atoms with Crippen LogP contribution in [0.5, 0.6) is 6.01 Å². The van der Waals surface area contributed by atoms with Crippen molar-refractivity contribution in [2.75, 3.05) is 5.75 Å². The first kappa shape index (κ1) is 8.65. The quantitative estimate of drug-likeness (QED) is 0.487. The Labute approximate surface area is 68.6 Å². The summed E-state index contributed by atoms with van der Waals surface area (Å²) in [5.74, 6) is -0.290. The molecule has 0 bridgehead atoms. The Morgan fingerprint density at radius 3 is 2.92 bits per heavy atom. The van der Waals surface area contributed by atoms with Gasteiger partial charge < -0.3 is 4.18 Å². The van der Waals surface area contributed by atoms with E-state index in [0.717, 1.165) is 0 Å². The van der Waals surface area contributed by atoms with Gasteiger partial charge in [-0.2, -0.15) is 13.6 Å². The number of tetrazole rings is 1. The number of H-pyrrole nitrogens is 1. The van der Waals surface area contributed by atoms with E-state index >= 15 is 0 Å². The molecule has 66 valence electrons. The predicted molar refractivity (Wildman–Crippen MR) is 38.8 cm³/mol. The zero-order valence-corrected chi connectivity index (χ0v) is 6.78. The van der Waals surface area contributed by atoms with Gasteiger partial charge in [-0.25, -0.2) is 0 Å². The van der Waals surface area contributed by atoms with E-state index in [4.69, 9.17) is 0 Å². The largest absolute Gasteiger partial charge is 0.371 e. The molecule has 0 amide bonds. The van der Waals surface area contributed by atoms with E-state index in [0.29, 0.717) is 0 Å². The molecule has 12 heavy (non-hydrogen) atoms. The minimum atomic E-state index is -3.66. The van der Waals surface area contributed by atoms with Gasteiger partial charge in [0.25, 0.3) is 0 Å². The predicted octanol–water partition coefficient (Wildman–Crippen LogP) is -0.906. The first-order chi connectivity index (χ1) is 5.64. The summed E-state index contributed by atoms with van der Waals surface area (Å²) in [6.07, 6.45) is 1.20. The Kier molecular flexibility index (Phi) is 2.38. The smallest absolute Gasteiger partial charge is 0.340 e. The van der Waals surface area contributed by atoms with E-state index < -0.39 is 10.1 Å². The summed E-state index contributed by atoms with van der Waals surface area (Å²) in [6, 6.07) is -0.322. The van der Waals surface area contributed by atoms with Crippen LogP contribution >= 0.6 is 0 Å². The summed E-state index contributed by atoms with van der Waals surface area (Å²) in [7, 11) is -3.66. The molecule has 0 aliphatic rings. The molecule has 0 spiro atoms. The number of rotatable bonds is 4. The van der Waals surface area contributed by atoms with Crippen LogP contribution in [0, 0.1) is 0 Å². The Balaban J connectivity index is 2.69. The molecular formula is C4H6N4O3S. The highest BCUT2D eigenvalue weighted by Crippen LogP contribution is 2.00. The lowest BCUT2D eigenvalue weighted by molar-refractivity contribution is 0.467. The van der Waals surface area contributed by atoms with Crippen molar-refractivity contribution in [2.24, 2.45) is 0 Å². The zero-order valence-electron chi connectivity index (χ0n) is 5.97. The molecule has 0 fully saturated rings. The maximum absolute atomic E-state index is 10.9. The average molecular weight is 190 g/mol. The van der Waals surface area contributed by atoms with Crippen LogP contribution in [0.1, 0.15) is 0 Å². The van der Waals surface area contributed by atoms with Crippen LogP contribution in [0.2, 0.25) is 0 Å². The van der Waals surface area contributed by atoms with Gasteiger partial charge in [0.1, 0.15) is 5.75 Å². The van der Waals surface area contributed by atoms with E-state index in [-0.39, 0.29) is 11.8 Å². The third-order valence-corrected chi connectivity index (χ3v) is 1.90. The van der Waals surface area contributed by atoms with Gasteiger partial charge in [-0.15, -0.1) is 6.58 Å². The molecule has 0 saturated heterocycles. The van der Waals surface area contributed by atoms with E-state index in [1.807, 2.05) is 0 Å². The van der Waals surface area contributed by atoms with Crippen LogP contribution in [-0.4, -0.2) is 34.8 Å². The molecule has 8 heteroatoms. The number of aromatic amines is 1. The summed E-state index contributed by atoms with van der Waals surface area (Å²) < 4.78 is 26.1. The Bertz CT molecular complexity index is 342. The second-order valence-corrected chi connectivity index (χ2v) is 3.41. The normalized spacial score (nSPS) is 11.0. The third kappa shape index (κ3) is 2.31. The molecule has 0 atom stereocenters. The summed E-state index contributed by atoms with van der Waals surface area (Å²) >= 11 is 0. The highest BCUT2D eigenvalue weighted by Gasteiger charge is 2.12. The van der Waals surface area contributed by atoms with Gasteiger partial charge >= 0.3 is 16.1 Å². The number of hydrogen-bond acceptors (Lipinski definition) is 6. The topological polar surface area (TPSA) is 97.8 Å². The fourth-order valence-electron chi connectivity index (χ4n) is 0.480. The van der Waals surface area contributed by atoms with Gasteiger partial charge in [-0.05, 0) is 5.21 Å². The lowest BCUT2D eigenvalue weighted by atomic mass is 10.8. The van der Waals surface area contributed by atoms with Crippen molar-refractivity contribution in [1.82, 2.24) is 20.6 Å². The van der Waals surface area contributed by atoms with Crippen molar-refractivity contribution >= 4 is 10.1 Å². The molecule has 0 aliphatic carbocycles. The standard InChI is InChI=1S/C4H6N4O3S/c1-2-3-12(9,10)11-4-5-7-8-6-4/h2H,1,3H2,(H,5,6,7,8). The fourth-order valence-corrected chi connectivity index (χ4v) is 1.13. The van der Waals surface area contributed by atoms with Crippen molar-refractivity contribution in [3.63, 3.8) is 0 Å². The van der Waals surface area contributed by atoms with Gasteiger partial charge in [0.15, 0.2) is 0 Å². The molecule has 1 rings (SSSR count). The lowest BCUT2D eigenvalue weighted by Gasteiger charge is -1.96. The van der Waals surface area contributed by atoms with E-state index in [1.54, 1.807) is 0 Å². The van der Waals surface area contributed by atoms with Crippen LogP contribution in [0.15, 0.2) is 12.7 Å². The Morgan fingerprint density at radius 1 is 1.67 bits per heavy atom. The van der Waals surface area contributed by atoms with E-state index in [1.165, 1.54) is 6.08 Å². The summed E-state index contributed by atoms with van der Waals surface area (Å²) in [5.41, 5.74) is 0. The average Bonchev–Trinajstić information content (AvgIpc) is 2.38. The molecule has 1 heterocycles. The molecule has 1 aromatic heterocycles. The molecular weight excluding hydrogens is 184 g/mol.